The van der Waals surface area contributed by atoms with Crippen molar-refractivity contribution in [3.63, 3.8) is 0 Å². The summed E-state index contributed by atoms with van der Waals surface area (Å²) in [6, 6.07) is 0. The molecule has 3 heteroatoms. The number of carbonyl (C=O) groups excluding carboxylic acids is 1. The molecular weight excluding hydrogens is 116 g/mol. The first-order chi connectivity index (χ1) is 4.25. The average Bonchev–Trinajstić information content (AvgIpc) is 2.12. The van der Waals surface area contributed by atoms with Gasteiger partial charge in [0.05, 0.1) is 0 Å². The van der Waals surface area contributed by atoms with Crippen LogP contribution in [0, 0.1) is 0 Å². The van der Waals surface area contributed by atoms with Crippen molar-refractivity contribution >= 4 is 11.6 Å². The number of carbonyl (C=O) groups is 1. The van der Waals surface area contributed by atoms with Crippen molar-refractivity contribution in [3.8, 4) is 0 Å². The quantitative estimate of drug-likeness (QED) is 0.454. The maximum atomic E-state index is 10.8. The number of amidine groups is 1. The van der Waals surface area contributed by atoms with Crippen LogP contribution in [-0.2, 0) is 4.79 Å². The van der Waals surface area contributed by atoms with Crippen LogP contribution in [0.5, 0.6) is 0 Å². The minimum Gasteiger partial charge on any atom is -0.357 e. The number of ketones is 1. The standard InChI is InChI=1S/C6H10N2O/c1-7-6-5(9)3-4-8(6)2/h3-4H2,1-2H3. The normalized spacial score (nSPS) is 24.0. The fourth-order valence-electron chi connectivity index (χ4n) is 0.995. The van der Waals surface area contributed by atoms with E-state index in [0.29, 0.717) is 12.3 Å². The van der Waals surface area contributed by atoms with E-state index in [4.69, 9.17) is 0 Å². The number of aliphatic imine (C=N–C) groups is 1. The Labute approximate surface area is 54.4 Å². The van der Waals surface area contributed by atoms with E-state index in [-0.39, 0.29) is 5.78 Å². The summed E-state index contributed by atoms with van der Waals surface area (Å²) in [6.45, 7) is 0.825. The van der Waals surface area contributed by atoms with Crippen LogP contribution in [0.4, 0.5) is 0 Å². The van der Waals surface area contributed by atoms with Crippen LogP contribution in [0.15, 0.2) is 4.99 Å². The molecule has 0 saturated carbocycles. The van der Waals surface area contributed by atoms with Crippen molar-refractivity contribution in [1.29, 1.82) is 0 Å². The smallest absolute Gasteiger partial charge is 0.199 e. The van der Waals surface area contributed by atoms with Crippen molar-refractivity contribution in [2.45, 2.75) is 6.42 Å². The lowest BCUT2D eigenvalue weighted by atomic mass is 10.3. The Bertz CT molecular complexity index is 162. The van der Waals surface area contributed by atoms with Crippen LogP contribution in [-0.4, -0.2) is 37.2 Å². The highest BCUT2D eigenvalue weighted by Crippen LogP contribution is 2.03. The second-order valence-corrected chi connectivity index (χ2v) is 2.14. The number of nitrogens with zero attached hydrogens (tertiary/aromatic N) is 2. The molecule has 3 nitrogen and oxygen atoms in total. The number of likely N-dealkylation sites (N-methyl/N-ethyl adjacent to an activating group) is 1. The highest BCUT2D eigenvalue weighted by atomic mass is 16.1. The van der Waals surface area contributed by atoms with Crippen LogP contribution in [0.3, 0.4) is 0 Å². The average molecular weight is 126 g/mol. The Balaban J connectivity index is 2.78. The maximum absolute atomic E-state index is 10.8. The van der Waals surface area contributed by atoms with Gasteiger partial charge in [0.15, 0.2) is 11.6 Å². The highest BCUT2D eigenvalue weighted by Gasteiger charge is 2.22. The van der Waals surface area contributed by atoms with Crippen molar-refractivity contribution in [1.82, 2.24) is 4.90 Å². The fraction of sp³-hybridized carbons (Fsp3) is 0.667. The largest absolute Gasteiger partial charge is 0.357 e. The number of rotatable bonds is 0. The Morgan fingerprint density at radius 1 is 1.67 bits per heavy atom. The fourth-order valence-corrected chi connectivity index (χ4v) is 0.995. The Morgan fingerprint density at radius 2 is 2.33 bits per heavy atom. The Morgan fingerprint density at radius 3 is 2.56 bits per heavy atom. The summed E-state index contributed by atoms with van der Waals surface area (Å²) < 4.78 is 0. The summed E-state index contributed by atoms with van der Waals surface area (Å²) in [6.07, 6.45) is 0.628. The Kier molecular flexibility index (Phi) is 1.51. The number of likely N-dealkylation sites (tertiary alicyclic amines) is 1. The van der Waals surface area contributed by atoms with Gasteiger partial charge in [0.1, 0.15) is 0 Å². The molecule has 1 heterocycles. The van der Waals surface area contributed by atoms with Crippen molar-refractivity contribution in [2.24, 2.45) is 4.99 Å². The monoisotopic (exact) mass is 126 g/mol. The predicted molar refractivity (Wildman–Crippen MR) is 35.6 cm³/mol. The molecule has 9 heavy (non-hydrogen) atoms. The molecule has 1 saturated heterocycles. The summed E-state index contributed by atoms with van der Waals surface area (Å²) in [4.78, 5) is 16.6. The molecule has 0 aliphatic carbocycles. The van der Waals surface area contributed by atoms with E-state index in [0.717, 1.165) is 6.54 Å². The molecule has 0 aromatic carbocycles. The van der Waals surface area contributed by atoms with Gasteiger partial charge in [-0.25, -0.2) is 0 Å². The third kappa shape index (κ3) is 0.943. The van der Waals surface area contributed by atoms with E-state index in [9.17, 15) is 4.79 Å². The molecule has 0 amide bonds. The van der Waals surface area contributed by atoms with E-state index < -0.39 is 0 Å². The van der Waals surface area contributed by atoms with Crippen LogP contribution in [0.1, 0.15) is 6.42 Å². The van der Waals surface area contributed by atoms with Gasteiger partial charge in [0.2, 0.25) is 0 Å². The molecule has 0 aromatic heterocycles. The lowest BCUT2D eigenvalue weighted by Crippen LogP contribution is -2.22. The molecule has 0 atom stereocenters. The molecule has 1 aliphatic rings. The van der Waals surface area contributed by atoms with E-state index >= 15 is 0 Å². The summed E-state index contributed by atoms with van der Waals surface area (Å²) in [5.74, 6) is 0.787. The molecule has 0 unspecified atom stereocenters. The van der Waals surface area contributed by atoms with Crippen LogP contribution in [0.25, 0.3) is 0 Å². The summed E-state index contributed by atoms with van der Waals surface area (Å²) in [5.41, 5.74) is 0. The summed E-state index contributed by atoms with van der Waals surface area (Å²) in [5, 5.41) is 0. The van der Waals surface area contributed by atoms with Gasteiger partial charge in [0.25, 0.3) is 0 Å². The Hall–Kier alpha value is -0.860. The zero-order valence-corrected chi connectivity index (χ0v) is 5.72. The van der Waals surface area contributed by atoms with Gasteiger partial charge in [-0.1, -0.05) is 0 Å². The SMILES string of the molecule is CN=C1C(=O)CCN1C. The minimum atomic E-state index is 0.167. The van der Waals surface area contributed by atoms with E-state index in [1.807, 2.05) is 11.9 Å². The zero-order chi connectivity index (χ0) is 6.85. The minimum absolute atomic E-state index is 0.167. The first-order valence-corrected chi connectivity index (χ1v) is 2.97. The van der Waals surface area contributed by atoms with Crippen molar-refractivity contribution in [2.75, 3.05) is 20.6 Å². The van der Waals surface area contributed by atoms with Gasteiger partial charge in [-0.05, 0) is 0 Å². The molecule has 0 bridgehead atoms. The lowest BCUT2D eigenvalue weighted by molar-refractivity contribution is -0.112. The second kappa shape index (κ2) is 2.17. The van der Waals surface area contributed by atoms with Crippen LogP contribution in [0.2, 0.25) is 0 Å². The molecule has 0 aromatic rings. The molecule has 0 spiro atoms. The van der Waals surface area contributed by atoms with Gasteiger partial charge in [-0.3, -0.25) is 9.79 Å². The first-order valence-electron chi connectivity index (χ1n) is 2.97. The predicted octanol–water partition coefficient (Wildman–Crippen LogP) is -0.0807. The van der Waals surface area contributed by atoms with E-state index in [1.54, 1.807) is 7.05 Å². The topological polar surface area (TPSA) is 32.7 Å². The number of hydrogen-bond donors (Lipinski definition) is 0. The van der Waals surface area contributed by atoms with Crippen molar-refractivity contribution < 1.29 is 4.79 Å². The third-order valence-corrected chi connectivity index (χ3v) is 1.50. The molecule has 1 fully saturated rings. The molecular formula is C6H10N2O. The third-order valence-electron chi connectivity index (χ3n) is 1.50. The van der Waals surface area contributed by atoms with Gasteiger partial charge < -0.3 is 4.90 Å². The zero-order valence-electron chi connectivity index (χ0n) is 5.72. The molecule has 0 radical (unpaired) electrons. The van der Waals surface area contributed by atoms with Gasteiger partial charge in [-0.15, -0.1) is 0 Å². The van der Waals surface area contributed by atoms with Crippen molar-refractivity contribution in [3.05, 3.63) is 0 Å². The number of hydrogen-bond acceptors (Lipinski definition) is 2. The van der Waals surface area contributed by atoms with Crippen LogP contribution >= 0.6 is 0 Å². The lowest BCUT2D eigenvalue weighted by Gasteiger charge is -2.07. The number of Topliss-reactive ketones (excluding diaryl/α,β-unsaturated/α-hetero) is 1. The van der Waals surface area contributed by atoms with Gasteiger partial charge >= 0.3 is 0 Å². The molecule has 1 aliphatic heterocycles. The van der Waals surface area contributed by atoms with Crippen LogP contribution < -0.4 is 0 Å². The molecule has 50 valence electrons. The second-order valence-electron chi connectivity index (χ2n) is 2.14. The highest BCUT2D eigenvalue weighted by molar-refractivity contribution is 6.40. The van der Waals surface area contributed by atoms with Gasteiger partial charge in [-0.2, -0.15) is 0 Å². The maximum Gasteiger partial charge on any atom is 0.199 e. The van der Waals surface area contributed by atoms with E-state index in [1.165, 1.54) is 0 Å². The summed E-state index contributed by atoms with van der Waals surface area (Å²) >= 11 is 0. The molecule has 1 rings (SSSR count). The summed E-state index contributed by atoms with van der Waals surface area (Å²) in [7, 11) is 3.53. The first kappa shape index (κ1) is 6.26. The van der Waals surface area contributed by atoms with E-state index in [2.05, 4.69) is 4.99 Å². The van der Waals surface area contributed by atoms with Gasteiger partial charge in [0, 0.05) is 27.1 Å². The molecule has 0 N–H and O–H groups in total.